The largest absolute Gasteiger partial charge is 0.384 e. The Kier molecular flexibility index (Phi) is 7.76. The molecule has 0 aliphatic carbocycles. The predicted octanol–water partition coefficient (Wildman–Crippen LogP) is 2.46. The van der Waals surface area contributed by atoms with Gasteiger partial charge in [0.05, 0.1) is 12.0 Å². The molecule has 6 nitrogen and oxygen atoms in total. The molecule has 0 saturated carbocycles. The number of piperidine rings is 1. The van der Waals surface area contributed by atoms with E-state index in [9.17, 15) is 9.59 Å². The third-order valence-electron chi connectivity index (χ3n) is 4.84. The molecule has 2 amide bonds. The van der Waals surface area contributed by atoms with Gasteiger partial charge in [-0.1, -0.05) is 12.2 Å². The van der Waals surface area contributed by atoms with Crippen molar-refractivity contribution in [3.05, 3.63) is 55.1 Å². The van der Waals surface area contributed by atoms with Crippen LogP contribution in [0.3, 0.4) is 0 Å². The summed E-state index contributed by atoms with van der Waals surface area (Å²) in [5, 5.41) is 6.26. The molecule has 1 heterocycles. The molecule has 0 atom stereocenters. The van der Waals surface area contributed by atoms with Crippen molar-refractivity contribution in [3.63, 3.8) is 0 Å². The van der Waals surface area contributed by atoms with Gasteiger partial charge >= 0.3 is 0 Å². The van der Waals surface area contributed by atoms with Gasteiger partial charge in [-0.15, -0.1) is 13.2 Å². The summed E-state index contributed by atoms with van der Waals surface area (Å²) in [6, 6.07) is 6.96. The Bertz CT molecular complexity index is 648. The lowest BCUT2D eigenvalue weighted by Crippen LogP contribution is -2.47. The number of carbonyl (C=O) groups excluding carboxylic acids is 2. The third-order valence-corrected chi connectivity index (χ3v) is 4.84. The third kappa shape index (κ3) is 5.28. The smallest absolute Gasteiger partial charge is 0.254 e. The number of nitrogens with one attached hydrogen (secondary N) is 2. The monoisotopic (exact) mass is 371 g/mol. The number of hydrogen-bond donors (Lipinski definition) is 2. The van der Waals surface area contributed by atoms with E-state index >= 15 is 0 Å². The van der Waals surface area contributed by atoms with Crippen LogP contribution in [0.1, 0.15) is 23.2 Å². The second-order valence-electron chi connectivity index (χ2n) is 6.78. The maximum absolute atomic E-state index is 12.9. The van der Waals surface area contributed by atoms with Gasteiger partial charge in [0.1, 0.15) is 0 Å². The van der Waals surface area contributed by atoms with Crippen molar-refractivity contribution < 1.29 is 14.3 Å². The van der Waals surface area contributed by atoms with Crippen molar-refractivity contribution in [3.8, 4) is 0 Å². The molecular weight excluding hydrogens is 342 g/mol. The lowest BCUT2D eigenvalue weighted by Gasteiger charge is -2.35. The zero-order valence-corrected chi connectivity index (χ0v) is 16.0. The molecule has 6 heteroatoms. The van der Waals surface area contributed by atoms with Crippen molar-refractivity contribution in [2.24, 2.45) is 5.41 Å². The Morgan fingerprint density at radius 1 is 1.19 bits per heavy atom. The van der Waals surface area contributed by atoms with E-state index in [1.165, 1.54) is 0 Å². The Morgan fingerprint density at radius 3 is 2.30 bits per heavy atom. The average Bonchev–Trinajstić information content (AvgIpc) is 2.69. The molecule has 1 aromatic rings. The van der Waals surface area contributed by atoms with Crippen LogP contribution in [0.2, 0.25) is 0 Å². The number of benzene rings is 1. The molecule has 1 aliphatic heterocycles. The summed E-state index contributed by atoms with van der Waals surface area (Å²) in [4.78, 5) is 27.1. The average molecular weight is 371 g/mol. The SMILES string of the molecule is C=CCN(CC=C)C(=O)c1ccc(NC(=O)C2(COC)CCNCC2)cc1. The first kappa shape index (κ1) is 20.9. The first-order valence-corrected chi connectivity index (χ1v) is 9.18. The van der Waals surface area contributed by atoms with Crippen molar-refractivity contribution in [1.29, 1.82) is 0 Å². The maximum atomic E-state index is 12.9. The highest BCUT2D eigenvalue weighted by Gasteiger charge is 2.39. The predicted molar refractivity (Wildman–Crippen MR) is 108 cm³/mol. The summed E-state index contributed by atoms with van der Waals surface area (Å²) in [6.45, 7) is 10.3. The molecule has 1 aromatic carbocycles. The molecule has 2 rings (SSSR count). The number of amides is 2. The summed E-state index contributed by atoms with van der Waals surface area (Å²) in [7, 11) is 1.62. The van der Waals surface area contributed by atoms with Gasteiger partial charge in [0, 0.05) is 31.5 Å². The Hall–Kier alpha value is -2.44. The van der Waals surface area contributed by atoms with Crippen LogP contribution < -0.4 is 10.6 Å². The van der Waals surface area contributed by atoms with E-state index in [0.29, 0.717) is 30.9 Å². The molecule has 0 unspecified atom stereocenters. The van der Waals surface area contributed by atoms with Crippen LogP contribution in [0.15, 0.2) is 49.6 Å². The van der Waals surface area contributed by atoms with E-state index in [4.69, 9.17) is 4.74 Å². The lowest BCUT2D eigenvalue weighted by molar-refractivity contribution is -0.130. The van der Waals surface area contributed by atoms with Crippen molar-refractivity contribution in [2.75, 3.05) is 45.2 Å². The highest BCUT2D eigenvalue weighted by molar-refractivity contribution is 5.97. The van der Waals surface area contributed by atoms with Gasteiger partial charge < -0.3 is 20.3 Å². The van der Waals surface area contributed by atoms with Crippen molar-refractivity contribution in [1.82, 2.24) is 10.2 Å². The number of carbonyl (C=O) groups is 2. The summed E-state index contributed by atoms with van der Waals surface area (Å²) in [6.07, 6.45) is 4.84. The highest BCUT2D eigenvalue weighted by atomic mass is 16.5. The fraction of sp³-hybridized carbons (Fsp3) is 0.429. The minimum Gasteiger partial charge on any atom is -0.384 e. The summed E-state index contributed by atoms with van der Waals surface area (Å²) < 4.78 is 5.31. The second-order valence-corrected chi connectivity index (χ2v) is 6.78. The molecular formula is C21H29N3O3. The van der Waals surface area contributed by atoms with Crippen LogP contribution in [-0.4, -0.2) is 56.6 Å². The number of rotatable bonds is 9. The van der Waals surface area contributed by atoms with E-state index in [1.807, 2.05) is 0 Å². The van der Waals surface area contributed by atoms with Gasteiger partial charge in [-0.2, -0.15) is 0 Å². The molecule has 2 N–H and O–H groups in total. The van der Waals surface area contributed by atoms with Crippen molar-refractivity contribution >= 4 is 17.5 Å². The Labute approximate surface area is 161 Å². The Morgan fingerprint density at radius 2 is 1.78 bits per heavy atom. The topological polar surface area (TPSA) is 70.7 Å². The molecule has 0 radical (unpaired) electrons. The van der Waals surface area contributed by atoms with Gasteiger partial charge in [-0.05, 0) is 50.2 Å². The lowest BCUT2D eigenvalue weighted by atomic mass is 9.78. The first-order chi connectivity index (χ1) is 13.1. The number of ether oxygens (including phenoxy) is 1. The highest BCUT2D eigenvalue weighted by Crippen LogP contribution is 2.31. The van der Waals surface area contributed by atoms with Crippen LogP contribution in [0, 0.1) is 5.41 Å². The maximum Gasteiger partial charge on any atom is 0.254 e. The molecule has 0 aromatic heterocycles. The normalized spacial score (nSPS) is 15.6. The summed E-state index contributed by atoms with van der Waals surface area (Å²) >= 11 is 0. The van der Waals surface area contributed by atoms with Gasteiger partial charge in [0.15, 0.2) is 0 Å². The minimum absolute atomic E-state index is 0.0372. The second kappa shape index (κ2) is 10.0. The van der Waals surface area contributed by atoms with E-state index in [1.54, 1.807) is 48.4 Å². The summed E-state index contributed by atoms with van der Waals surface area (Å²) in [5.41, 5.74) is 0.717. The van der Waals surface area contributed by atoms with E-state index in [0.717, 1.165) is 25.9 Å². The van der Waals surface area contributed by atoms with Gasteiger partial charge in [-0.25, -0.2) is 0 Å². The molecule has 146 valence electrons. The molecule has 27 heavy (non-hydrogen) atoms. The number of hydrogen-bond acceptors (Lipinski definition) is 4. The van der Waals surface area contributed by atoms with Crippen LogP contribution >= 0.6 is 0 Å². The molecule has 0 spiro atoms. The van der Waals surface area contributed by atoms with Gasteiger partial charge in [-0.3, -0.25) is 9.59 Å². The molecule has 1 fully saturated rings. The number of anilines is 1. The van der Waals surface area contributed by atoms with Crippen LogP contribution in [0.5, 0.6) is 0 Å². The van der Waals surface area contributed by atoms with Crippen LogP contribution in [0.4, 0.5) is 5.69 Å². The quantitative estimate of drug-likeness (QED) is 0.654. The zero-order valence-electron chi connectivity index (χ0n) is 16.0. The van der Waals surface area contributed by atoms with E-state index in [-0.39, 0.29) is 11.8 Å². The number of methoxy groups -OCH3 is 1. The molecule has 0 bridgehead atoms. The van der Waals surface area contributed by atoms with E-state index in [2.05, 4.69) is 23.8 Å². The first-order valence-electron chi connectivity index (χ1n) is 9.18. The Balaban J connectivity index is 2.07. The number of nitrogens with zero attached hydrogens (tertiary/aromatic N) is 1. The van der Waals surface area contributed by atoms with Crippen molar-refractivity contribution in [2.45, 2.75) is 12.8 Å². The fourth-order valence-corrected chi connectivity index (χ4v) is 3.31. The van der Waals surface area contributed by atoms with Gasteiger partial charge in [0.2, 0.25) is 5.91 Å². The molecule has 1 aliphatic rings. The standard InChI is InChI=1S/C21H29N3O3/c1-4-14-24(15-5-2)19(25)17-6-8-18(9-7-17)23-20(26)21(16-27-3)10-12-22-13-11-21/h4-9,22H,1-2,10-16H2,3H3,(H,23,26). The minimum atomic E-state index is -0.515. The van der Waals surface area contributed by atoms with Gasteiger partial charge in [0.25, 0.3) is 5.91 Å². The summed E-state index contributed by atoms with van der Waals surface area (Å²) in [5.74, 6) is -0.133. The van der Waals surface area contributed by atoms with Crippen LogP contribution in [0.25, 0.3) is 0 Å². The molecule has 1 saturated heterocycles. The van der Waals surface area contributed by atoms with E-state index < -0.39 is 5.41 Å². The fourth-order valence-electron chi connectivity index (χ4n) is 3.31. The zero-order chi connectivity index (χ0) is 19.7. The van der Waals surface area contributed by atoms with Crippen LogP contribution in [-0.2, 0) is 9.53 Å².